The first-order valence-corrected chi connectivity index (χ1v) is 11.3. The second kappa shape index (κ2) is 8.71. The number of rotatable bonds is 7. The molecule has 1 aliphatic rings. The molecular weight excluding hydrogens is 379 g/mol. The van der Waals surface area contributed by atoms with Crippen molar-refractivity contribution in [2.45, 2.75) is 44.3 Å². The van der Waals surface area contributed by atoms with Crippen LogP contribution >= 0.6 is 0 Å². The van der Waals surface area contributed by atoms with Gasteiger partial charge >= 0.3 is 0 Å². The number of benzene rings is 1. The molecule has 0 saturated carbocycles. The maximum Gasteiger partial charge on any atom is 0.228 e. The Morgan fingerprint density at radius 3 is 2.32 bits per heavy atom. The van der Waals surface area contributed by atoms with Crippen LogP contribution in [-0.4, -0.2) is 65.7 Å². The predicted molar refractivity (Wildman–Crippen MR) is 107 cm³/mol. The van der Waals surface area contributed by atoms with E-state index in [1.807, 2.05) is 0 Å². The number of piperazine rings is 1. The van der Waals surface area contributed by atoms with Crippen LogP contribution in [-0.2, 0) is 22.9 Å². The van der Waals surface area contributed by atoms with Gasteiger partial charge in [-0.15, -0.1) is 0 Å². The summed E-state index contributed by atoms with van der Waals surface area (Å²) in [5.41, 5.74) is 1.25. The maximum atomic E-state index is 14.2. The molecule has 2 heterocycles. The highest BCUT2D eigenvalue weighted by molar-refractivity contribution is 7.91. The Bertz CT molecular complexity index is 903. The topological polar surface area (TPSA) is 58.4 Å². The number of hydrogen-bond donors (Lipinski definition) is 0. The summed E-state index contributed by atoms with van der Waals surface area (Å²) in [6, 6.07) is 6.47. The molecule has 154 valence electrons. The molecule has 1 aromatic carbocycles. The van der Waals surface area contributed by atoms with Gasteiger partial charge < -0.3 is 9.47 Å². The molecule has 8 heteroatoms. The Morgan fingerprint density at radius 1 is 1.07 bits per heavy atom. The molecule has 6 nitrogen and oxygen atoms in total. The largest absolute Gasteiger partial charge is 0.313 e. The Morgan fingerprint density at radius 2 is 1.71 bits per heavy atom. The Labute approximate surface area is 166 Å². The van der Waals surface area contributed by atoms with Gasteiger partial charge in [-0.3, -0.25) is 4.90 Å². The molecule has 0 atom stereocenters. The second-order valence-corrected chi connectivity index (χ2v) is 9.91. The molecule has 0 aliphatic carbocycles. The average molecular weight is 409 g/mol. The smallest absolute Gasteiger partial charge is 0.228 e. The lowest BCUT2D eigenvalue weighted by molar-refractivity contribution is 0.129. The fraction of sp³-hybridized carbons (Fsp3) is 0.550. The van der Waals surface area contributed by atoms with Crippen LogP contribution in [0.15, 0.2) is 35.6 Å². The van der Waals surface area contributed by atoms with Crippen molar-refractivity contribution >= 4 is 9.84 Å². The van der Waals surface area contributed by atoms with Gasteiger partial charge in [-0.25, -0.2) is 17.8 Å². The molecule has 0 bridgehead atoms. The lowest BCUT2D eigenvalue weighted by Gasteiger charge is -2.34. The molecule has 1 aliphatic heterocycles. The van der Waals surface area contributed by atoms with Crippen molar-refractivity contribution in [3.05, 3.63) is 47.5 Å². The predicted octanol–water partition coefficient (Wildman–Crippen LogP) is 2.39. The third-order valence-electron chi connectivity index (χ3n) is 5.36. The number of hydrogen-bond acceptors (Lipinski definition) is 5. The molecule has 0 N–H and O–H groups in total. The van der Waals surface area contributed by atoms with Crippen LogP contribution in [0.3, 0.4) is 0 Å². The van der Waals surface area contributed by atoms with Gasteiger partial charge in [-0.1, -0.05) is 25.1 Å². The summed E-state index contributed by atoms with van der Waals surface area (Å²) in [6.07, 6.45) is 1.63. The lowest BCUT2D eigenvalue weighted by Crippen LogP contribution is -2.45. The molecule has 0 amide bonds. The molecule has 1 saturated heterocycles. The van der Waals surface area contributed by atoms with E-state index in [-0.39, 0.29) is 17.5 Å². The van der Waals surface area contributed by atoms with Crippen molar-refractivity contribution in [2.24, 2.45) is 0 Å². The minimum atomic E-state index is -3.57. The van der Waals surface area contributed by atoms with Gasteiger partial charge in [0.25, 0.3) is 0 Å². The molecule has 1 aromatic heterocycles. The van der Waals surface area contributed by atoms with E-state index in [0.29, 0.717) is 12.1 Å². The lowest BCUT2D eigenvalue weighted by atomic mass is 10.2. The summed E-state index contributed by atoms with van der Waals surface area (Å²) >= 11 is 0. The zero-order valence-electron chi connectivity index (χ0n) is 16.8. The van der Waals surface area contributed by atoms with Gasteiger partial charge in [0.2, 0.25) is 15.0 Å². The van der Waals surface area contributed by atoms with Crippen LogP contribution in [0, 0.1) is 5.82 Å². The first-order chi connectivity index (χ1) is 13.3. The zero-order chi connectivity index (χ0) is 20.3. The molecular formula is C20H29FN4O2S. The minimum Gasteiger partial charge on any atom is -0.313 e. The van der Waals surface area contributed by atoms with Crippen molar-refractivity contribution < 1.29 is 12.8 Å². The normalized spacial score (nSPS) is 16.8. The number of likely N-dealkylation sites (N-methyl/N-ethyl adjacent to an activating group) is 1. The SMILES string of the molecule is CCN1CCN(Cc2cnc(S(=O)(=O)C(C)C)n2Cc2ccccc2F)CC1. The summed E-state index contributed by atoms with van der Waals surface area (Å²) in [5.74, 6) is -0.341. The maximum absolute atomic E-state index is 14.2. The van der Waals surface area contributed by atoms with Crippen LogP contribution in [0.4, 0.5) is 4.39 Å². The van der Waals surface area contributed by atoms with E-state index >= 15 is 0 Å². The summed E-state index contributed by atoms with van der Waals surface area (Å²) in [6.45, 7) is 11.1. The highest BCUT2D eigenvalue weighted by Crippen LogP contribution is 2.21. The van der Waals surface area contributed by atoms with Crippen molar-refractivity contribution in [2.75, 3.05) is 32.7 Å². The van der Waals surface area contributed by atoms with Crippen LogP contribution in [0.1, 0.15) is 32.0 Å². The van der Waals surface area contributed by atoms with Crippen LogP contribution in [0.25, 0.3) is 0 Å². The number of imidazole rings is 1. The van der Waals surface area contributed by atoms with Gasteiger partial charge in [0.05, 0.1) is 23.7 Å². The first kappa shape index (κ1) is 21.0. The highest BCUT2D eigenvalue weighted by atomic mass is 32.2. The van der Waals surface area contributed by atoms with Crippen molar-refractivity contribution in [1.29, 1.82) is 0 Å². The van der Waals surface area contributed by atoms with E-state index in [4.69, 9.17) is 0 Å². The number of nitrogens with zero attached hydrogens (tertiary/aromatic N) is 4. The Hall–Kier alpha value is -1.77. The van der Waals surface area contributed by atoms with E-state index in [1.165, 1.54) is 6.07 Å². The standard InChI is InChI=1S/C20H29FN4O2S/c1-4-23-9-11-24(12-10-23)15-18-13-22-20(28(26,27)16(2)3)25(18)14-17-7-5-6-8-19(17)21/h5-8,13,16H,4,9-12,14-15H2,1-3H3. The van der Waals surface area contributed by atoms with E-state index in [0.717, 1.165) is 38.4 Å². The average Bonchev–Trinajstić information content (AvgIpc) is 3.07. The van der Waals surface area contributed by atoms with E-state index in [9.17, 15) is 12.8 Å². The number of sulfone groups is 1. The Kier molecular flexibility index (Phi) is 6.52. The fourth-order valence-electron chi connectivity index (χ4n) is 3.41. The van der Waals surface area contributed by atoms with Crippen molar-refractivity contribution in [1.82, 2.24) is 19.4 Å². The van der Waals surface area contributed by atoms with Gasteiger partial charge in [0, 0.05) is 38.3 Å². The van der Waals surface area contributed by atoms with Gasteiger partial charge in [0.1, 0.15) is 5.82 Å². The number of aromatic nitrogens is 2. The quantitative estimate of drug-likeness (QED) is 0.704. The summed E-state index contributed by atoms with van der Waals surface area (Å²) in [5, 5.41) is -0.567. The highest BCUT2D eigenvalue weighted by Gasteiger charge is 2.28. The fourth-order valence-corrected chi connectivity index (χ4v) is 4.53. The van der Waals surface area contributed by atoms with Crippen LogP contribution < -0.4 is 0 Å². The zero-order valence-corrected chi connectivity index (χ0v) is 17.6. The molecule has 0 unspecified atom stereocenters. The molecule has 28 heavy (non-hydrogen) atoms. The number of halogens is 1. The second-order valence-electron chi connectivity index (χ2n) is 7.51. The molecule has 0 radical (unpaired) electrons. The monoisotopic (exact) mass is 408 g/mol. The van der Waals surface area contributed by atoms with Crippen molar-refractivity contribution in [3.63, 3.8) is 0 Å². The van der Waals surface area contributed by atoms with E-state index in [2.05, 4.69) is 21.7 Å². The molecule has 0 spiro atoms. The van der Waals surface area contributed by atoms with Gasteiger partial charge in [-0.05, 0) is 26.5 Å². The molecule has 1 fully saturated rings. The van der Waals surface area contributed by atoms with Crippen molar-refractivity contribution in [3.8, 4) is 0 Å². The summed E-state index contributed by atoms with van der Waals surface area (Å²) in [4.78, 5) is 8.94. The third kappa shape index (κ3) is 4.45. The van der Waals surface area contributed by atoms with E-state index in [1.54, 1.807) is 42.8 Å². The first-order valence-electron chi connectivity index (χ1n) is 9.79. The third-order valence-corrected chi connectivity index (χ3v) is 7.44. The van der Waals surface area contributed by atoms with E-state index < -0.39 is 15.1 Å². The van der Waals surface area contributed by atoms with Gasteiger partial charge in [-0.2, -0.15) is 0 Å². The minimum absolute atomic E-state index is 0.0212. The molecule has 2 aromatic rings. The Balaban J connectivity index is 1.92. The summed E-state index contributed by atoms with van der Waals surface area (Å²) in [7, 11) is -3.57. The van der Waals surface area contributed by atoms with Gasteiger partial charge in [0.15, 0.2) is 0 Å². The van der Waals surface area contributed by atoms with Crippen LogP contribution in [0.2, 0.25) is 0 Å². The van der Waals surface area contributed by atoms with Crippen LogP contribution in [0.5, 0.6) is 0 Å². The summed E-state index contributed by atoms with van der Waals surface area (Å²) < 4.78 is 41.5. The molecule has 3 rings (SSSR count).